The second kappa shape index (κ2) is 7.48. The summed E-state index contributed by atoms with van der Waals surface area (Å²) in [4.78, 5) is 2.36. The van der Waals surface area contributed by atoms with Crippen LogP contribution in [0.25, 0.3) is 0 Å². The summed E-state index contributed by atoms with van der Waals surface area (Å²) in [5.41, 5.74) is 0. The third kappa shape index (κ3) is 5.74. The molecule has 0 N–H and O–H groups in total. The van der Waals surface area contributed by atoms with Gasteiger partial charge in [-0.2, -0.15) is 0 Å². The van der Waals surface area contributed by atoms with E-state index >= 15 is 0 Å². The Kier molecular flexibility index (Phi) is 6.62. The zero-order valence-corrected chi connectivity index (χ0v) is 10.8. The van der Waals surface area contributed by atoms with Gasteiger partial charge < -0.3 is 9.64 Å². The normalized spacial score (nSPS) is 25.6. The van der Waals surface area contributed by atoms with Gasteiger partial charge in [0.05, 0.1) is 6.61 Å². The van der Waals surface area contributed by atoms with Crippen LogP contribution in [0, 0.1) is 5.92 Å². The summed E-state index contributed by atoms with van der Waals surface area (Å²) in [6, 6.07) is 0. The quantitative estimate of drug-likeness (QED) is 0.472. The fourth-order valence-corrected chi connectivity index (χ4v) is 2.41. The SMILES string of the molecule is CCCCOCCN(C)CC1CC(Cl)C1. The van der Waals surface area contributed by atoms with Crippen molar-refractivity contribution in [3.63, 3.8) is 0 Å². The van der Waals surface area contributed by atoms with Crippen molar-refractivity contribution in [3.05, 3.63) is 0 Å². The number of hydrogen-bond donors (Lipinski definition) is 0. The van der Waals surface area contributed by atoms with Crippen LogP contribution >= 0.6 is 11.6 Å². The van der Waals surface area contributed by atoms with Crippen molar-refractivity contribution in [1.29, 1.82) is 0 Å². The molecule has 0 unspecified atom stereocenters. The van der Waals surface area contributed by atoms with Crippen LogP contribution in [0.1, 0.15) is 32.6 Å². The van der Waals surface area contributed by atoms with Crippen LogP contribution in [0.2, 0.25) is 0 Å². The summed E-state index contributed by atoms with van der Waals surface area (Å²) < 4.78 is 5.53. The molecule has 0 bridgehead atoms. The summed E-state index contributed by atoms with van der Waals surface area (Å²) in [7, 11) is 2.17. The number of rotatable bonds is 8. The van der Waals surface area contributed by atoms with Gasteiger partial charge in [0.1, 0.15) is 0 Å². The van der Waals surface area contributed by atoms with E-state index in [1.807, 2.05) is 0 Å². The van der Waals surface area contributed by atoms with Crippen molar-refractivity contribution in [2.75, 3.05) is 33.4 Å². The molecule has 0 heterocycles. The van der Waals surface area contributed by atoms with Crippen LogP contribution in [-0.4, -0.2) is 43.6 Å². The van der Waals surface area contributed by atoms with E-state index in [2.05, 4.69) is 18.9 Å². The fourth-order valence-electron chi connectivity index (χ4n) is 1.90. The van der Waals surface area contributed by atoms with E-state index in [0.29, 0.717) is 5.38 Å². The maximum absolute atomic E-state index is 5.95. The van der Waals surface area contributed by atoms with E-state index in [4.69, 9.17) is 16.3 Å². The standard InChI is InChI=1S/C12H24ClNO/c1-3-4-6-15-7-5-14(2)10-11-8-12(13)9-11/h11-12H,3-10H2,1-2H3. The number of alkyl halides is 1. The Balaban J connectivity index is 1.87. The molecule has 1 saturated carbocycles. The number of likely N-dealkylation sites (N-methyl/N-ethyl adjacent to an activating group) is 1. The summed E-state index contributed by atoms with van der Waals surface area (Å²) in [6.07, 6.45) is 4.79. The zero-order chi connectivity index (χ0) is 11.1. The van der Waals surface area contributed by atoms with Crippen LogP contribution in [0.3, 0.4) is 0 Å². The lowest BCUT2D eigenvalue weighted by Gasteiger charge is -2.34. The molecule has 0 aromatic heterocycles. The first-order valence-corrected chi connectivity index (χ1v) is 6.56. The molecule has 0 aromatic rings. The lowest BCUT2D eigenvalue weighted by Crippen LogP contribution is -2.36. The van der Waals surface area contributed by atoms with Crippen molar-refractivity contribution in [1.82, 2.24) is 4.90 Å². The molecule has 1 aliphatic rings. The van der Waals surface area contributed by atoms with Gasteiger partial charge in [0.15, 0.2) is 0 Å². The average molecular weight is 234 g/mol. The molecule has 0 atom stereocenters. The molecular formula is C12H24ClNO. The number of hydrogen-bond acceptors (Lipinski definition) is 2. The molecule has 1 fully saturated rings. The largest absolute Gasteiger partial charge is 0.380 e. The predicted octanol–water partition coefficient (Wildman–Crippen LogP) is 2.75. The van der Waals surface area contributed by atoms with Gasteiger partial charge in [-0.1, -0.05) is 13.3 Å². The number of ether oxygens (including phenoxy) is 1. The van der Waals surface area contributed by atoms with Gasteiger partial charge in [-0.15, -0.1) is 11.6 Å². The highest BCUT2D eigenvalue weighted by Gasteiger charge is 2.27. The maximum atomic E-state index is 5.95. The zero-order valence-electron chi connectivity index (χ0n) is 10.0. The van der Waals surface area contributed by atoms with Gasteiger partial charge in [0, 0.05) is 25.1 Å². The first-order valence-electron chi connectivity index (χ1n) is 6.12. The molecule has 0 amide bonds. The Hall–Kier alpha value is 0.210. The van der Waals surface area contributed by atoms with Crippen molar-refractivity contribution in [2.45, 2.75) is 38.0 Å². The van der Waals surface area contributed by atoms with E-state index in [0.717, 1.165) is 25.7 Å². The van der Waals surface area contributed by atoms with Crippen LogP contribution in [-0.2, 0) is 4.74 Å². The highest BCUT2D eigenvalue weighted by molar-refractivity contribution is 6.21. The summed E-state index contributed by atoms with van der Waals surface area (Å²) in [5, 5.41) is 0.448. The molecular weight excluding hydrogens is 210 g/mol. The molecule has 15 heavy (non-hydrogen) atoms. The minimum absolute atomic E-state index is 0.448. The van der Waals surface area contributed by atoms with Gasteiger partial charge in [-0.05, 0) is 32.2 Å². The smallest absolute Gasteiger partial charge is 0.0593 e. The van der Waals surface area contributed by atoms with Gasteiger partial charge in [-0.25, -0.2) is 0 Å². The number of halogens is 1. The number of nitrogens with zero attached hydrogens (tertiary/aromatic N) is 1. The molecule has 0 aromatic carbocycles. The first-order chi connectivity index (χ1) is 7.22. The topological polar surface area (TPSA) is 12.5 Å². The van der Waals surface area contributed by atoms with Crippen molar-refractivity contribution < 1.29 is 4.74 Å². The molecule has 90 valence electrons. The minimum Gasteiger partial charge on any atom is -0.380 e. The predicted molar refractivity (Wildman–Crippen MR) is 65.6 cm³/mol. The van der Waals surface area contributed by atoms with Crippen LogP contribution < -0.4 is 0 Å². The summed E-state index contributed by atoms with van der Waals surface area (Å²) in [6.45, 7) is 6.20. The van der Waals surface area contributed by atoms with Crippen molar-refractivity contribution in [2.24, 2.45) is 5.92 Å². The highest BCUT2D eigenvalue weighted by atomic mass is 35.5. The summed E-state index contributed by atoms with van der Waals surface area (Å²) in [5.74, 6) is 0.827. The minimum atomic E-state index is 0.448. The van der Waals surface area contributed by atoms with Crippen LogP contribution in [0.5, 0.6) is 0 Å². The Labute approximate surface area is 98.9 Å². The third-order valence-corrected chi connectivity index (χ3v) is 3.36. The van der Waals surface area contributed by atoms with Gasteiger partial charge in [0.25, 0.3) is 0 Å². The Bertz CT molecular complexity index is 160. The lowest BCUT2D eigenvalue weighted by molar-refractivity contribution is 0.0987. The van der Waals surface area contributed by atoms with Crippen LogP contribution in [0.15, 0.2) is 0 Å². The van der Waals surface area contributed by atoms with Crippen molar-refractivity contribution >= 4 is 11.6 Å². The number of unbranched alkanes of at least 4 members (excludes halogenated alkanes) is 1. The Morgan fingerprint density at radius 2 is 2.07 bits per heavy atom. The average Bonchev–Trinajstić information content (AvgIpc) is 2.15. The molecule has 2 nitrogen and oxygen atoms in total. The van der Waals surface area contributed by atoms with Crippen molar-refractivity contribution in [3.8, 4) is 0 Å². The Morgan fingerprint density at radius 3 is 2.67 bits per heavy atom. The van der Waals surface area contributed by atoms with E-state index in [1.54, 1.807) is 0 Å². The molecule has 0 radical (unpaired) electrons. The van der Waals surface area contributed by atoms with E-state index in [1.165, 1.54) is 32.2 Å². The molecule has 0 saturated heterocycles. The first kappa shape index (κ1) is 13.3. The monoisotopic (exact) mass is 233 g/mol. The molecule has 3 heteroatoms. The Morgan fingerprint density at radius 1 is 1.33 bits per heavy atom. The van der Waals surface area contributed by atoms with Crippen LogP contribution in [0.4, 0.5) is 0 Å². The lowest BCUT2D eigenvalue weighted by atomic mass is 9.84. The molecule has 1 aliphatic carbocycles. The molecule has 1 rings (SSSR count). The third-order valence-electron chi connectivity index (χ3n) is 3.01. The van der Waals surface area contributed by atoms with Gasteiger partial charge in [-0.3, -0.25) is 0 Å². The fraction of sp³-hybridized carbons (Fsp3) is 1.00. The molecule has 0 spiro atoms. The van der Waals surface area contributed by atoms with E-state index in [9.17, 15) is 0 Å². The van der Waals surface area contributed by atoms with E-state index in [-0.39, 0.29) is 0 Å². The maximum Gasteiger partial charge on any atom is 0.0593 e. The van der Waals surface area contributed by atoms with Gasteiger partial charge in [0.2, 0.25) is 0 Å². The van der Waals surface area contributed by atoms with Gasteiger partial charge >= 0.3 is 0 Å². The highest BCUT2D eigenvalue weighted by Crippen LogP contribution is 2.32. The van der Waals surface area contributed by atoms with E-state index < -0.39 is 0 Å². The summed E-state index contributed by atoms with van der Waals surface area (Å²) >= 11 is 5.95. The molecule has 0 aliphatic heterocycles. The second-order valence-corrected chi connectivity index (χ2v) is 5.28. The second-order valence-electron chi connectivity index (χ2n) is 4.66.